The Balaban J connectivity index is 2.59. The van der Waals surface area contributed by atoms with Gasteiger partial charge in [-0.1, -0.05) is 0 Å². The monoisotopic (exact) mass is 220 g/mol. The lowest BCUT2D eigenvalue weighted by Crippen LogP contribution is -2.21. The molecule has 1 rings (SSSR count). The molecule has 0 saturated carbocycles. The average Bonchev–Trinajstić information content (AvgIpc) is 2.05. The third-order valence-electron chi connectivity index (χ3n) is 1.86. The van der Waals surface area contributed by atoms with Gasteiger partial charge in [0.05, 0.1) is 12.5 Å². The second-order valence-corrected chi connectivity index (χ2v) is 3.25. The zero-order valence-electron chi connectivity index (χ0n) is 7.83. The van der Waals surface area contributed by atoms with E-state index >= 15 is 0 Å². The number of anilines is 1. The maximum atomic E-state index is 11.9. The predicted molar refractivity (Wildman–Crippen MR) is 49.0 cm³/mol. The van der Waals surface area contributed by atoms with E-state index in [4.69, 9.17) is 10.8 Å². The van der Waals surface area contributed by atoms with Crippen LogP contribution in [0.4, 0.5) is 18.9 Å². The molecule has 1 unspecified atom stereocenters. The molecule has 6 heteroatoms. The molecule has 1 atom stereocenters. The molecule has 15 heavy (non-hydrogen) atoms. The number of nitrogen functional groups attached to an aromatic ring is 1. The van der Waals surface area contributed by atoms with Crippen molar-refractivity contribution in [3.8, 4) is 0 Å². The van der Waals surface area contributed by atoms with E-state index in [2.05, 4.69) is 4.98 Å². The molecule has 1 aromatic heterocycles. The first-order valence-electron chi connectivity index (χ1n) is 4.31. The highest BCUT2D eigenvalue weighted by Gasteiger charge is 2.31. The summed E-state index contributed by atoms with van der Waals surface area (Å²) in [5.74, 6) is 0. The van der Waals surface area contributed by atoms with Crippen molar-refractivity contribution in [1.29, 1.82) is 0 Å². The molecule has 3 N–H and O–H groups in total. The number of nitrogens with zero attached hydrogens (tertiary/aromatic N) is 1. The predicted octanol–water partition coefficient (Wildman–Crippen LogP) is 1.52. The number of pyridine rings is 1. The van der Waals surface area contributed by atoms with Crippen LogP contribution in [0.3, 0.4) is 0 Å². The van der Waals surface area contributed by atoms with E-state index in [1.165, 1.54) is 18.5 Å². The van der Waals surface area contributed by atoms with Gasteiger partial charge >= 0.3 is 6.18 Å². The van der Waals surface area contributed by atoms with Gasteiger partial charge in [-0.15, -0.1) is 0 Å². The molecule has 0 bridgehead atoms. The number of rotatable bonds is 3. The first kappa shape index (κ1) is 11.8. The normalized spacial score (nSPS) is 13.9. The lowest BCUT2D eigenvalue weighted by Gasteiger charge is -2.13. The third kappa shape index (κ3) is 4.16. The fourth-order valence-corrected chi connectivity index (χ4v) is 1.20. The Morgan fingerprint density at radius 1 is 1.47 bits per heavy atom. The molecule has 0 aliphatic rings. The van der Waals surface area contributed by atoms with Crippen LogP contribution >= 0.6 is 0 Å². The van der Waals surface area contributed by atoms with Gasteiger partial charge in [0.15, 0.2) is 0 Å². The van der Waals surface area contributed by atoms with Gasteiger partial charge in [0, 0.05) is 24.5 Å². The fourth-order valence-electron chi connectivity index (χ4n) is 1.20. The van der Waals surface area contributed by atoms with E-state index in [1.807, 2.05) is 0 Å². The molecule has 0 radical (unpaired) electrons. The molecule has 0 amide bonds. The minimum Gasteiger partial charge on any atom is -0.398 e. The summed E-state index contributed by atoms with van der Waals surface area (Å²) in [5, 5.41) is 9.16. The van der Waals surface area contributed by atoms with Crippen molar-refractivity contribution in [3.63, 3.8) is 0 Å². The van der Waals surface area contributed by atoms with E-state index in [-0.39, 0.29) is 6.42 Å². The van der Waals surface area contributed by atoms with Crippen LogP contribution in [0.2, 0.25) is 0 Å². The number of aromatic nitrogens is 1. The van der Waals surface area contributed by atoms with Crippen LogP contribution in [0.15, 0.2) is 18.5 Å². The van der Waals surface area contributed by atoms with Crippen LogP contribution in [0.25, 0.3) is 0 Å². The lowest BCUT2D eigenvalue weighted by molar-refractivity contribution is -0.153. The van der Waals surface area contributed by atoms with Crippen molar-refractivity contribution in [3.05, 3.63) is 24.0 Å². The van der Waals surface area contributed by atoms with Crippen LogP contribution in [-0.4, -0.2) is 22.4 Å². The summed E-state index contributed by atoms with van der Waals surface area (Å²) >= 11 is 0. The smallest absolute Gasteiger partial charge is 0.391 e. The molecule has 0 saturated heterocycles. The number of hydrogen-bond donors (Lipinski definition) is 2. The van der Waals surface area contributed by atoms with Crippen molar-refractivity contribution in [2.24, 2.45) is 0 Å². The van der Waals surface area contributed by atoms with E-state index in [9.17, 15) is 13.2 Å². The van der Waals surface area contributed by atoms with Crippen molar-refractivity contribution in [2.45, 2.75) is 25.1 Å². The van der Waals surface area contributed by atoms with E-state index in [0.717, 1.165) is 0 Å². The molecular formula is C9H11F3N2O. The number of aliphatic hydroxyl groups is 1. The van der Waals surface area contributed by atoms with E-state index in [1.54, 1.807) is 0 Å². The third-order valence-corrected chi connectivity index (χ3v) is 1.86. The van der Waals surface area contributed by atoms with Crippen LogP contribution in [-0.2, 0) is 6.42 Å². The molecule has 0 aromatic carbocycles. The minimum absolute atomic E-state index is 0.140. The summed E-state index contributed by atoms with van der Waals surface area (Å²) in [7, 11) is 0. The van der Waals surface area contributed by atoms with Crippen molar-refractivity contribution in [1.82, 2.24) is 4.98 Å². The van der Waals surface area contributed by atoms with Gasteiger partial charge in [0.25, 0.3) is 0 Å². The maximum absolute atomic E-state index is 11.9. The van der Waals surface area contributed by atoms with Gasteiger partial charge in [-0.25, -0.2) is 0 Å². The average molecular weight is 220 g/mol. The highest BCUT2D eigenvalue weighted by molar-refractivity contribution is 5.44. The van der Waals surface area contributed by atoms with Crippen LogP contribution in [0.1, 0.15) is 12.0 Å². The van der Waals surface area contributed by atoms with Gasteiger partial charge < -0.3 is 10.8 Å². The molecule has 0 aliphatic heterocycles. The van der Waals surface area contributed by atoms with Crippen LogP contribution < -0.4 is 5.73 Å². The molecular weight excluding hydrogens is 209 g/mol. The van der Waals surface area contributed by atoms with Crippen LogP contribution in [0, 0.1) is 0 Å². The number of hydrogen-bond acceptors (Lipinski definition) is 3. The highest BCUT2D eigenvalue weighted by Crippen LogP contribution is 2.23. The highest BCUT2D eigenvalue weighted by atomic mass is 19.4. The van der Waals surface area contributed by atoms with Crippen molar-refractivity contribution in [2.75, 3.05) is 5.73 Å². The number of halogens is 3. The number of aliphatic hydroxyl groups excluding tert-OH is 1. The van der Waals surface area contributed by atoms with E-state index in [0.29, 0.717) is 11.3 Å². The minimum atomic E-state index is -4.36. The SMILES string of the molecule is Nc1ccncc1CC(O)CC(F)(F)F. The summed E-state index contributed by atoms with van der Waals surface area (Å²) in [6, 6.07) is 1.48. The molecule has 3 nitrogen and oxygen atoms in total. The molecule has 0 fully saturated rings. The molecule has 84 valence electrons. The van der Waals surface area contributed by atoms with Gasteiger partial charge in [-0.2, -0.15) is 13.2 Å². The Bertz CT molecular complexity index is 327. The van der Waals surface area contributed by atoms with Gasteiger partial charge in [0.1, 0.15) is 0 Å². The Labute approximate surface area is 84.7 Å². The number of alkyl halides is 3. The second-order valence-electron chi connectivity index (χ2n) is 3.25. The maximum Gasteiger partial charge on any atom is 0.391 e. The Kier molecular flexibility index (Phi) is 3.52. The molecule has 1 heterocycles. The van der Waals surface area contributed by atoms with Crippen LogP contribution in [0.5, 0.6) is 0 Å². The summed E-state index contributed by atoms with van der Waals surface area (Å²) in [6.07, 6.45) is -4.42. The topological polar surface area (TPSA) is 59.1 Å². The van der Waals surface area contributed by atoms with E-state index < -0.39 is 18.7 Å². The summed E-state index contributed by atoms with van der Waals surface area (Å²) in [6.45, 7) is 0. The largest absolute Gasteiger partial charge is 0.398 e. The quantitative estimate of drug-likeness (QED) is 0.811. The molecule has 1 aromatic rings. The Morgan fingerprint density at radius 2 is 2.13 bits per heavy atom. The summed E-state index contributed by atoms with van der Waals surface area (Å²) < 4.78 is 35.7. The zero-order chi connectivity index (χ0) is 11.5. The first-order valence-corrected chi connectivity index (χ1v) is 4.31. The lowest BCUT2D eigenvalue weighted by atomic mass is 10.1. The Morgan fingerprint density at radius 3 is 2.67 bits per heavy atom. The van der Waals surface area contributed by atoms with Crippen molar-refractivity contribution < 1.29 is 18.3 Å². The molecule has 0 spiro atoms. The number of nitrogens with two attached hydrogens (primary N) is 1. The van der Waals surface area contributed by atoms with Gasteiger partial charge in [-0.3, -0.25) is 4.98 Å². The standard InChI is InChI=1S/C9H11F3N2O/c10-9(11,12)4-7(15)3-6-5-14-2-1-8(6)13/h1-2,5,7,15H,3-4H2,(H2,13,14). The molecule has 0 aliphatic carbocycles. The summed E-state index contributed by atoms with van der Waals surface area (Å²) in [5.41, 5.74) is 6.26. The zero-order valence-corrected chi connectivity index (χ0v) is 7.83. The van der Waals surface area contributed by atoms with Gasteiger partial charge in [-0.05, 0) is 11.6 Å². The van der Waals surface area contributed by atoms with Gasteiger partial charge in [0.2, 0.25) is 0 Å². The first-order chi connectivity index (χ1) is 6.88. The fraction of sp³-hybridized carbons (Fsp3) is 0.444. The van der Waals surface area contributed by atoms with Crippen molar-refractivity contribution >= 4 is 5.69 Å². The summed E-state index contributed by atoms with van der Waals surface area (Å²) in [4.78, 5) is 3.72. The Hall–Kier alpha value is -1.30. The second kappa shape index (κ2) is 4.48.